The van der Waals surface area contributed by atoms with Gasteiger partial charge in [-0.2, -0.15) is 0 Å². The SMILES string of the molecule is C#C[C@H]1O[C@H](CO)[C@@H](O[Si](C(C)C)(C(C)C)C(C)C)[C@H](C)[C@@H]1C.Cc1cc(B2OC(C)(C)C(C)(C)O2)ccc1[C@H]1O[C@H](COC(=O)C(C)(C)C)[C@@H](OC(=O)C(C)(C)C)[C@H](C)[C@@H]1C.Cc1cc(Br)ccc1[C@H]1O[C@H](COC(=O)C(C)(C)C)[C@@H](OC(=O)C(C)(C)C)[C@H](C)[C@@H]1C. The van der Waals surface area contributed by atoms with E-state index in [-0.39, 0.29) is 110 Å². The molecule has 6 rings (SSSR count). The highest BCUT2D eigenvalue weighted by Gasteiger charge is 2.54. The molecule has 0 aromatic heterocycles. The lowest BCUT2D eigenvalue weighted by atomic mass is 9.75. The molecule has 0 unspecified atom stereocenters. The minimum atomic E-state index is -2.02. The van der Waals surface area contributed by atoms with Crippen molar-refractivity contribution in [2.75, 3.05) is 19.8 Å². The molecule has 1 N–H and O–H groups in total. The predicted molar refractivity (Wildman–Crippen MR) is 376 cm³/mol. The van der Waals surface area contributed by atoms with Gasteiger partial charge >= 0.3 is 31.0 Å². The molecule has 2 aromatic rings. The minimum absolute atomic E-state index is 0.0107. The average Bonchev–Trinajstić information content (AvgIpc) is 1.75. The summed E-state index contributed by atoms with van der Waals surface area (Å²) in [7, 11) is -2.47. The number of terminal acetylenes is 1. The van der Waals surface area contributed by atoms with E-state index in [1.165, 1.54) is 0 Å². The van der Waals surface area contributed by atoms with E-state index in [1.807, 2.05) is 123 Å². The van der Waals surface area contributed by atoms with Crippen molar-refractivity contribution in [1.82, 2.24) is 0 Å². The molecule has 93 heavy (non-hydrogen) atoms. The summed E-state index contributed by atoms with van der Waals surface area (Å²) in [6.07, 6.45) is 2.31. The Morgan fingerprint density at radius 3 is 1.26 bits per heavy atom. The normalized spacial score (nSPS) is 29.1. The van der Waals surface area contributed by atoms with Crippen LogP contribution in [0, 0.1) is 83.4 Å². The van der Waals surface area contributed by atoms with Gasteiger partial charge in [-0.25, -0.2) is 0 Å². The van der Waals surface area contributed by atoms with Gasteiger partial charge in [0.15, 0.2) is 0 Å². The molecule has 526 valence electrons. The Labute approximate surface area is 571 Å². The maximum Gasteiger partial charge on any atom is 0.494 e. The molecule has 0 bridgehead atoms. The Morgan fingerprint density at radius 2 is 0.925 bits per heavy atom. The maximum atomic E-state index is 12.9. The number of aryl methyl sites for hydroxylation is 2. The molecule has 4 heterocycles. The first kappa shape index (κ1) is 81.8. The van der Waals surface area contributed by atoms with Crippen LogP contribution in [0.4, 0.5) is 0 Å². The van der Waals surface area contributed by atoms with Crippen LogP contribution in [0.5, 0.6) is 0 Å². The van der Waals surface area contributed by atoms with Crippen molar-refractivity contribution in [1.29, 1.82) is 0 Å². The van der Waals surface area contributed by atoms with Gasteiger partial charge in [0.2, 0.25) is 8.32 Å². The zero-order valence-corrected chi connectivity index (χ0v) is 65.3. The molecule has 15 nitrogen and oxygen atoms in total. The highest BCUT2D eigenvalue weighted by atomic mass is 79.9. The predicted octanol–water partition coefficient (Wildman–Crippen LogP) is 15.8. The van der Waals surface area contributed by atoms with Gasteiger partial charge in [0.25, 0.3) is 0 Å². The number of carbonyl (C=O) groups is 4. The van der Waals surface area contributed by atoms with Crippen molar-refractivity contribution < 1.29 is 71.2 Å². The van der Waals surface area contributed by atoms with E-state index in [9.17, 15) is 24.3 Å². The summed E-state index contributed by atoms with van der Waals surface area (Å²) in [4.78, 5) is 50.5. The van der Waals surface area contributed by atoms with E-state index >= 15 is 0 Å². The van der Waals surface area contributed by atoms with E-state index in [4.69, 9.17) is 53.3 Å². The van der Waals surface area contributed by atoms with Crippen molar-refractivity contribution in [2.24, 2.45) is 57.2 Å². The van der Waals surface area contributed by atoms with Crippen LogP contribution < -0.4 is 5.46 Å². The van der Waals surface area contributed by atoms with Gasteiger partial charge in [-0.1, -0.05) is 129 Å². The number of hydrogen-bond acceptors (Lipinski definition) is 15. The lowest BCUT2D eigenvalue weighted by molar-refractivity contribution is -0.215. The molecular formula is C75H122BBrO15Si. The molecule has 18 heteroatoms. The van der Waals surface area contributed by atoms with Crippen molar-refractivity contribution >= 4 is 60.7 Å². The van der Waals surface area contributed by atoms with Crippen LogP contribution in [0.25, 0.3) is 0 Å². The zero-order valence-electron chi connectivity index (χ0n) is 62.7. The number of hydrogen-bond donors (Lipinski definition) is 1. The molecule has 4 fully saturated rings. The number of rotatable bonds is 15. The molecule has 2 aromatic carbocycles. The highest BCUT2D eigenvalue weighted by Crippen LogP contribution is 2.48. The third kappa shape index (κ3) is 19.8. The molecule has 4 aliphatic rings. The van der Waals surface area contributed by atoms with E-state index < -0.39 is 72.7 Å². The fourth-order valence-corrected chi connectivity index (χ4v) is 19.0. The largest absolute Gasteiger partial charge is 0.494 e. The fourth-order valence-electron chi connectivity index (χ4n) is 12.9. The molecule has 0 amide bonds. The van der Waals surface area contributed by atoms with Gasteiger partial charge < -0.3 is 52.0 Å². The molecular weight excluding hydrogens is 1260 g/mol. The molecule has 0 radical (unpaired) electrons. The number of aliphatic hydroxyl groups is 1. The smallest absolute Gasteiger partial charge is 0.462 e. The van der Waals surface area contributed by atoms with Crippen LogP contribution in [0.1, 0.15) is 228 Å². The van der Waals surface area contributed by atoms with Gasteiger partial charge in [0.1, 0.15) is 49.8 Å². The second kappa shape index (κ2) is 31.9. The van der Waals surface area contributed by atoms with E-state index in [0.717, 1.165) is 32.2 Å². The second-order valence-electron chi connectivity index (χ2n) is 33.3. The van der Waals surface area contributed by atoms with Gasteiger partial charge in [-0.05, 0) is 205 Å². The third-order valence-electron chi connectivity index (χ3n) is 20.3. The highest BCUT2D eigenvalue weighted by molar-refractivity contribution is 9.10. The van der Waals surface area contributed by atoms with Gasteiger partial charge in [0, 0.05) is 16.3 Å². The fraction of sp³-hybridized carbons (Fsp3) is 0.760. The lowest BCUT2D eigenvalue weighted by Crippen LogP contribution is -2.59. The number of benzene rings is 2. The topological polar surface area (TPSA) is 181 Å². The lowest BCUT2D eigenvalue weighted by Gasteiger charge is -2.50. The van der Waals surface area contributed by atoms with Crippen molar-refractivity contribution in [2.45, 2.75) is 290 Å². The number of halogens is 1. The van der Waals surface area contributed by atoms with Crippen molar-refractivity contribution in [3.8, 4) is 12.3 Å². The van der Waals surface area contributed by atoms with Crippen molar-refractivity contribution in [3.63, 3.8) is 0 Å². The summed E-state index contributed by atoms with van der Waals surface area (Å²) in [5.41, 5.74) is 3.40. The van der Waals surface area contributed by atoms with Crippen LogP contribution in [0.3, 0.4) is 0 Å². The molecule has 4 saturated heterocycles. The maximum absolute atomic E-state index is 12.9. The standard InChI is InChI=1S/C31H49BO7.C25H37BrO5.C19H36O3Si/c1-18-16-21(32-38-30(10,11)31(12,13)39-32)14-15-22(18)24-19(2)20(3)25(37-27(34)29(7,8)9)23(36-24)17-35-26(33)28(4,5)6;1-14-12-17(26)10-11-18(14)20-15(2)16(3)21(31-23(28)25(7,8)9)19(30-20)13-29-22(27)24(4,5)6;1-10-17-15(8)16(9)19(18(11-20)21-17)22-23(12(2)3,13(4)5)14(6)7/h14-16,19-20,23-25H,17H2,1-13H3;10-12,15-16,19-21H,13H2,1-9H3;1,12-20H,11H2,2-9H3/t19-,20+,23+,24-,25-;15-,16+,19+,20-,21-;15-,16+,17+,18+,19-/m000/s1. The third-order valence-corrected chi connectivity index (χ3v) is 26.9. The van der Waals surface area contributed by atoms with Crippen LogP contribution >= 0.6 is 15.9 Å². The van der Waals surface area contributed by atoms with Gasteiger partial charge in [0.05, 0.1) is 57.8 Å². The minimum Gasteiger partial charge on any atom is -0.462 e. The quantitative estimate of drug-likeness (QED) is 0.0769. The first-order valence-electron chi connectivity index (χ1n) is 34.1. The van der Waals surface area contributed by atoms with Gasteiger partial charge in [-0.15, -0.1) is 6.42 Å². The molecule has 0 spiro atoms. The molecule has 0 saturated carbocycles. The monoisotopic (exact) mass is 1380 g/mol. The average molecular weight is 1380 g/mol. The molecule has 4 aliphatic heterocycles. The van der Waals surface area contributed by atoms with Gasteiger partial charge in [-0.3, -0.25) is 19.2 Å². The summed E-state index contributed by atoms with van der Waals surface area (Å²) in [5, 5.41) is 9.83. The first-order chi connectivity index (χ1) is 42.4. The van der Waals surface area contributed by atoms with Crippen LogP contribution in [0.15, 0.2) is 40.9 Å². The van der Waals surface area contributed by atoms with E-state index in [1.54, 1.807) is 0 Å². The number of esters is 4. The molecule has 15 atom stereocenters. The Balaban J connectivity index is 0.000000308. The molecule has 0 aliphatic carbocycles. The summed E-state index contributed by atoms with van der Waals surface area (Å²) < 4.78 is 62.8. The van der Waals surface area contributed by atoms with E-state index in [2.05, 4.69) is 143 Å². The second-order valence-corrected chi connectivity index (χ2v) is 39.7. The zero-order chi connectivity index (χ0) is 71.4. The number of ether oxygens (including phenoxy) is 7. The first-order valence-corrected chi connectivity index (χ1v) is 37.0. The Morgan fingerprint density at radius 1 is 0.559 bits per heavy atom. The van der Waals surface area contributed by atoms with E-state index in [0.29, 0.717) is 16.6 Å². The summed E-state index contributed by atoms with van der Waals surface area (Å²) in [6, 6.07) is 12.3. The number of aliphatic hydroxyl groups excluding tert-OH is 1. The van der Waals surface area contributed by atoms with Crippen LogP contribution in [-0.2, 0) is 66.1 Å². The summed E-state index contributed by atoms with van der Waals surface area (Å²) in [5.74, 6) is 2.14. The number of carbonyl (C=O) groups excluding carboxylic acids is 4. The van der Waals surface area contributed by atoms with Crippen molar-refractivity contribution in [3.05, 3.63) is 63.1 Å². The Kier molecular flexibility index (Phi) is 28.1. The van der Waals surface area contributed by atoms with Crippen LogP contribution in [-0.4, -0.2) is 118 Å². The Hall–Kier alpha value is -3.64. The van der Waals surface area contributed by atoms with Crippen LogP contribution in [0.2, 0.25) is 16.6 Å². The Bertz CT molecular complexity index is 2830. The summed E-state index contributed by atoms with van der Waals surface area (Å²) in [6.45, 7) is 60.5. The summed E-state index contributed by atoms with van der Waals surface area (Å²) >= 11 is 3.52.